The molecule has 0 atom stereocenters. The average molecular weight is 299 g/mol. The fourth-order valence-corrected chi connectivity index (χ4v) is 3.05. The molecule has 0 aliphatic heterocycles. The molecule has 0 saturated heterocycles. The van der Waals surface area contributed by atoms with Crippen molar-refractivity contribution in [1.29, 1.82) is 0 Å². The number of hydrogen-bond acceptors (Lipinski definition) is 1. The highest BCUT2D eigenvalue weighted by atomic mass is 16.3. The van der Waals surface area contributed by atoms with E-state index in [9.17, 15) is 0 Å². The number of hydrogen-bond donors (Lipinski definition) is 0. The third-order valence-corrected chi connectivity index (χ3v) is 4.13. The minimum Gasteiger partial charge on any atom is -0.464 e. The van der Waals surface area contributed by atoms with Gasteiger partial charge in [-0.1, -0.05) is 48.5 Å². The van der Waals surface area contributed by atoms with E-state index in [0.29, 0.717) is 0 Å². The number of para-hydroxylation sites is 1. The zero-order chi connectivity index (χ0) is 15.6. The molecule has 4 rings (SSSR count). The van der Waals surface area contributed by atoms with E-state index in [0.717, 1.165) is 17.0 Å². The summed E-state index contributed by atoms with van der Waals surface area (Å²) >= 11 is 0. The van der Waals surface area contributed by atoms with Gasteiger partial charge in [0.1, 0.15) is 5.76 Å². The van der Waals surface area contributed by atoms with E-state index >= 15 is 0 Å². The average Bonchev–Trinajstić information content (AvgIpc) is 3.24. The van der Waals surface area contributed by atoms with Gasteiger partial charge in [-0.25, -0.2) is 0 Å². The van der Waals surface area contributed by atoms with Gasteiger partial charge in [0.05, 0.1) is 6.26 Å². The third kappa shape index (κ3) is 2.38. The van der Waals surface area contributed by atoms with Crippen molar-refractivity contribution in [2.24, 2.45) is 0 Å². The van der Waals surface area contributed by atoms with E-state index in [1.807, 2.05) is 24.3 Å². The Balaban J connectivity index is 1.98. The zero-order valence-corrected chi connectivity index (χ0v) is 12.9. The lowest BCUT2D eigenvalue weighted by atomic mass is 10.0. The molecule has 0 unspecified atom stereocenters. The molecule has 0 fully saturated rings. The highest BCUT2D eigenvalue weighted by Gasteiger charge is 2.18. The molecule has 0 bridgehead atoms. The second-order valence-corrected chi connectivity index (χ2v) is 5.55. The molecule has 0 spiro atoms. The molecule has 0 N–H and O–H groups in total. The lowest BCUT2D eigenvalue weighted by Gasteiger charge is -2.07. The van der Waals surface area contributed by atoms with Gasteiger partial charge in [-0.15, -0.1) is 0 Å². The van der Waals surface area contributed by atoms with Crippen LogP contribution in [0.4, 0.5) is 0 Å². The summed E-state index contributed by atoms with van der Waals surface area (Å²) < 4.78 is 7.89. The highest BCUT2D eigenvalue weighted by Crippen LogP contribution is 2.37. The summed E-state index contributed by atoms with van der Waals surface area (Å²) in [4.78, 5) is 0. The van der Waals surface area contributed by atoms with E-state index in [2.05, 4.69) is 66.2 Å². The van der Waals surface area contributed by atoms with Gasteiger partial charge in [-0.3, -0.25) is 0 Å². The van der Waals surface area contributed by atoms with Crippen molar-refractivity contribution in [3.05, 3.63) is 91.0 Å². The molecule has 2 heterocycles. The van der Waals surface area contributed by atoms with Gasteiger partial charge in [0, 0.05) is 28.7 Å². The van der Waals surface area contributed by atoms with Crippen LogP contribution in [0, 0.1) is 6.92 Å². The molecule has 0 amide bonds. The van der Waals surface area contributed by atoms with E-state index in [1.54, 1.807) is 6.26 Å². The van der Waals surface area contributed by atoms with Crippen LogP contribution in [0.3, 0.4) is 0 Å². The Morgan fingerprint density at radius 2 is 1.48 bits per heavy atom. The van der Waals surface area contributed by atoms with Gasteiger partial charge in [0.2, 0.25) is 0 Å². The van der Waals surface area contributed by atoms with Crippen LogP contribution in [-0.2, 0) is 0 Å². The van der Waals surface area contributed by atoms with Gasteiger partial charge >= 0.3 is 0 Å². The predicted octanol–water partition coefficient (Wildman–Crippen LogP) is 5.71. The maximum absolute atomic E-state index is 5.67. The van der Waals surface area contributed by atoms with Gasteiger partial charge in [0.15, 0.2) is 0 Å². The van der Waals surface area contributed by atoms with Crippen LogP contribution in [0.5, 0.6) is 0 Å². The van der Waals surface area contributed by atoms with E-state index in [-0.39, 0.29) is 0 Å². The topological polar surface area (TPSA) is 18.1 Å². The van der Waals surface area contributed by atoms with E-state index in [1.165, 1.54) is 16.8 Å². The van der Waals surface area contributed by atoms with Gasteiger partial charge in [-0.2, -0.15) is 0 Å². The Morgan fingerprint density at radius 1 is 0.783 bits per heavy atom. The number of rotatable bonds is 3. The van der Waals surface area contributed by atoms with Crippen LogP contribution in [0.25, 0.3) is 28.1 Å². The highest BCUT2D eigenvalue weighted by molar-refractivity contribution is 5.84. The molecule has 23 heavy (non-hydrogen) atoms. The summed E-state index contributed by atoms with van der Waals surface area (Å²) in [6.45, 7) is 2.15. The van der Waals surface area contributed by atoms with Crippen LogP contribution in [0.15, 0.2) is 89.7 Å². The lowest BCUT2D eigenvalue weighted by molar-refractivity contribution is 0.582. The molecule has 2 aromatic carbocycles. The first-order valence-corrected chi connectivity index (χ1v) is 7.71. The standard InChI is InChI=1S/C21H17NO/c1-16-21(17-9-4-2-5-10-17)19(20-13-8-14-23-20)15-22(16)18-11-6-3-7-12-18/h2-15H,1H3. The summed E-state index contributed by atoms with van der Waals surface area (Å²) in [5.41, 5.74) is 5.88. The molecule has 2 nitrogen and oxygen atoms in total. The summed E-state index contributed by atoms with van der Waals surface area (Å²) in [7, 11) is 0. The minimum absolute atomic E-state index is 0.890. The smallest absolute Gasteiger partial charge is 0.136 e. The maximum Gasteiger partial charge on any atom is 0.136 e. The van der Waals surface area contributed by atoms with Gasteiger partial charge in [-0.05, 0) is 36.8 Å². The molecular formula is C21H17NO. The quantitative estimate of drug-likeness (QED) is 0.473. The monoisotopic (exact) mass is 299 g/mol. The maximum atomic E-state index is 5.67. The second kappa shape index (κ2) is 5.65. The number of nitrogens with zero attached hydrogens (tertiary/aromatic N) is 1. The van der Waals surface area contributed by atoms with Crippen molar-refractivity contribution in [3.63, 3.8) is 0 Å². The van der Waals surface area contributed by atoms with Gasteiger partial charge < -0.3 is 8.98 Å². The summed E-state index contributed by atoms with van der Waals surface area (Å²) in [6.07, 6.45) is 3.88. The molecule has 2 aromatic heterocycles. The number of aromatic nitrogens is 1. The second-order valence-electron chi connectivity index (χ2n) is 5.55. The van der Waals surface area contributed by atoms with Crippen molar-refractivity contribution in [3.8, 4) is 28.1 Å². The van der Waals surface area contributed by atoms with Crippen LogP contribution in [0.2, 0.25) is 0 Å². The first kappa shape index (κ1) is 13.6. The van der Waals surface area contributed by atoms with Crippen molar-refractivity contribution in [2.45, 2.75) is 6.92 Å². The normalized spacial score (nSPS) is 10.8. The molecular weight excluding hydrogens is 282 g/mol. The fourth-order valence-electron chi connectivity index (χ4n) is 3.05. The van der Waals surface area contributed by atoms with Crippen molar-refractivity contribution >= 4 is 0 Å². The Hall–Kier alpha value is -3.00. The molecule has 2 heteroatoms. The summed E-state index contributed by atoms with van der Waals surface area (Å²) in [6, 6.07) is 24.8. The lowest BCUT2D eigenvalue weighted by Crippen LogP contribution is -1.94. The van der Waals surface area contributed by atoms with Crippen LogP contribution >= 0.6 is 0 Å². The third-order valence-electron chi connectivity index (χ3n) is 4.13. The summed E-state index contributed by atoms with van der Waals surface area (Å²) in [5.74, 6) is 0.890. The summed E-state index contributed by atoms with van der Waals surface area (Å²) in [5, 5.41) is 0. The SMILES string of the molecule is Cc1c(-c2ccccc2)c(-c2ccco2)cn1-c1ccccc1. The van der Waals surface area contributed by atoms with Crippen LogP contribution in [0.1, 0.15) is 5.69 Å². The van der Waals surface area contributed by atoms with Gasteiger partial charge in [0.25, 0.3) is 0 Å². The van der Waals surface area contributed by atoms with Crippen molar-refractivity contribution in [2.75, 3.05) is 0 Å². The van der Waals surface area contributed by atoms with Crippen molar-refractivity contribution in [1.82, 2.24) is 4.57 Å². The Bertz CT molecular complexity index is 903. The Kier molecular flexibility index (Phi) is 3.35. The molecule has 0 aliphatic carbocycles. The molecule has 4 aromatic rings. The fraction of sp³-hybridized carbons (Fsp3) is 0.0476. The zero-order valence-electron chi connectivity index (χ0n) is 12.9. The van der Waals surface area contributed by atoms with E-state index < -0.39 is 0 Å². The molecule has 0 aliphatic rings. The first-order valence-electron chi connectivity index (χ1n) is 7.71. The van der Waals surface area contributed by atoms with Crippen LogP contribution in [-0.4, -0.2) is 4.57 Å². The number of benzene rings is 2. The minimum atomic E-state index is 0.890. The van der Waals surface area contributed by atoms with Crippen LogP contribution < -0.4 is 0 Å². The number of furan rings is 1. The predicted molar refractivity (Wildman–Crippen MR) is 93.6 cm³/mol. The largest absolute Gasteiger partial charge is 0.464 e. The Labute approximate surface area is 135 Å². The van der Waals surface area contributed by atoms with Crippen molar-refractivity contribution < 1.29 is 4.42 Å². The molecule has 0 saturated carbocycles. The van der Waals surface area contributed by atoms with E-state index in [4.69, 9.17) is 4.42 Å². The molecule has 112 valence electrons. The first-order chi connectivity index (χ1) is 11.3. The molecule has 0 radical (unpaired) electrons. The Morgan fingerprint density at radius 3 is 2.13 bits per heavy atom.